The van der Waals surface area contributed by atoms with Crippen LogP contribution in [0.15, 0.2) is 18.2 Å². The molecule has 0 aliphatic heterocycles. The number of aryl methyl sites for hydroxylation is 1. The van der Waals surface area contributed by atoms with Crippen molar-refractivity contribution in [2.45, 2.75) is 27.2 Å². The Bertz CT molecular complexity index is 499. The number of rotatable bonds is 5. The van der Waals surface area contributed by atoms with Crippen LogP contribution in [0, 0.1) is 18.2 Å². The van der Waals surface area contributed by atoms with Gasteiger partial charge in [-0.05, 0) is 31.9 Å². The van der Waals surface area contributed by atoms with Gasteiger partial charge in [0.1, 0.15) is 5.82 Å². The zero-order valence-electron chi connectivity index (χ0n) is 11.8. The highest BCUT2D eigenvalue weighted by molar-refractivity contribution is 5.90. The summed E-state index contributed by atoms with van der Waals surface area (Å²) in [6.07, 6.45) is 0.376. The number of carboxylic acids is 1. The van der Waals surface area contributed by atoms with E-state index in [0.717, 1.165) is 0 Å². The topological polar surface area (TPSA) is 78.4 Å². The molecule has 110 valence electrons. The van der Waals surface area contributed by atoms with Gasteiger partial charge in [-0.25, -0.2) is 9.18 Å². The highest BCUT2D eigenvalue weighted by Gasteiger charge is 2.31. The second-order valence-electron chi connectivity index (χ2n) is 4.96. The maximum atomic E-state index is 13.5. The van der Waals surface area contributed by atoms with Crippen LogP contribution in [0.3, 0.4) is 0 Å². The smallest absolute Gasteiger partial charge is 0.319 e. The molecule has 0 aromatic heterocycles. The molecule has 5 nitrogen and oxygen atoms in total. The van der Waals surface area contributed by atoms with Gasteiger partial charge >= 0.3 is 12.0 Å². The Morgan fingerprint density at radius 2 is 2.05 bits per heavy atom. The highest BCUT2D eigenvalue weighted by atomic mass is 19.1. The molecule has 1 aromatic rings. The molecule has 0 saturated heterocycles. The number of anilines is 1. The van der Waals surface area contributed by atoms with E-state index in [1.54, 1.807) is 32.9 Å². The van der Waals surface area contributed by atoms with Crippen LogP contribution >= 0.6 is 0 Å². The average Bonchev–Trinajstić information content (AvgIpc) is 2.40. The Kier molecular flexibility index (Phi) is 5.07. The normalized spacial score (nSPS) is 13.4. The van der Waals surface area contributed by atoms with Gasteiger partial charge < -0.3 is 15.7 Å². The number of hydrogen-bond donors (Lipinski definition) is 3. The minimum atomic E-state index is -1.04. The molecule has 2 amide bonds. The van der Waals surface area contributed by atoms with Crippen molar-refractivity contribution in [3.8, 4) is 0 Å². The Morgan fingerprint density at radius 3 is 2.55 bits per heavy atom. The molecule has 1 rings (SSSR count). The summed E-state index contributed by atoms with van der Waals surface area (Å²) in [4.78, 5) is 22.8. The minimum Gasteiger partial charge on any atom is -0.481 e. The molecule has 20 heavy (non-hydrogen) atoms. The first-order chi connectivity index (χ1) is 9.30. The predicted molar refractivity (Wildman–Crippen MR) is 74.2 cm³/mol. The maximum Gasteiger partial charge on any atom is 0.319 e. The van der Waals surface area contributed by atoms with Gasteiger partial charge in [-0.1, -0.05) is 19.1 Å². The molecule has 0 fully saturated rings. The SMILES string of the molecule is CCC(C)(CNC(=O)Nc1c(C)cccc1F)C(=O)O. The van der Waals surface area contributed by atoms with Crippen LogP contribution < -0.4 is 10.6 Å². The van der Waals surface area contributed by atoms with Crippen LogP contribution in [0.5, 0.6) is 0 Å². The summed E-state index contributed by atoms with van der Waals surface area (Å²) >= 11 is 0. The molecule has 0 radical (unpaired) electrons. The number of amides is 2. The van der Waals surface area contributed by atoms with Crippen molar-refractivity contribution in [1.82, 2.24) is 5.32 Å². The lowest BCUT2D eigenvalue weighted by Gasteiger charge is -2.23. The lowest BCUT2D eigenvalue weighted by molar-refractivity contribution is -0.147. The molecule has 1 aromatic carbocycles. The Hall–Kier alpha value is -2.11. The number of carbonyl (C=O) groups is 2. The number of hydrogen-bond acceptors (Lipinski definition) is 2. The number of halogens is 1. The third kappa shape index (κ3) is 3.69. The Morgan fingerprint density at radius 1 is 1.40 bits per heavy atom. The second-order valence-corrected chi connectivity index (χ2v) is 4.96. The maximum absolute atomic E-state index is 13.5. The van der Waals surface area contributed by atoms with Crippen molar-refractivity contribution in [2.24, 2.45) is 5.41 Å². The summed E-state index contributed by atoms with van der Waals surface area (Å²) in [6, 6.07) is 3.84. The molecule has 6 heteroatoms. The van der Waals surface area contributed by atoms with Crippen molar-refractivity contribution in [1.29, 1.82) is 0 Å². The van der Waals surface area contributed by atoms with Gasteiger partial charge in [-0.3, -0.25) is 4.79 Å². The number of carboxylic acid groups (broad SMARTS) is 1. The third-order valence-corrected chi connectivity index (χ3v) is 3.40. The van der Waals surface area contributed by atoms with Gasteiger partial charge in [0.25, 0.3) is 0 Å². The molecule has 0 heterocycles. The van der Waals surface area contributed by atoms with E-state index in [0.29, 0.717) is 12.0 Å². The number of urea groups is 1. The van der Waals surface area contributed by atoms with E-state index in [2.05, 4.69) is 10.6 Å². The molecule has 0 saturated carbocycles. The molecule has 1 atom stereocenters. The minimum absolute atomic E-state index is 0.0296. The highest BCUT2D eigenvalue weighted by Crippen LogP contribution is 2.21. The standard InChI is InChI=1S/C14H19FN2O3/c1-4-14(3,12(18)19)8-16-13(20)17-11-9(2)6-5-7-10(11)15/h5-7H,4,8H2,1-3H3,(H,18,19)(H2,16,17,20). The van der Waals surface area contributed by atoms with E-state index >= 15 is 0 Å². The number of aliphatic carboxylic acids is 1. The van der Waals surface area contributed by atoms with Crippen LogP contribution in [0.25, 0.3) is 0 Å². The van der Waals surface area contributed by atoms with E-state index in [1.165, 1.54) is 6.07 Å². The summed E-state index contributed by atoms with van der Waals surface area (Å²) in [5, 5.41) is 13.9. The molecular formula is C14H19FN2O3. The van der Waals surface area contributed by atoms with Crippen LogP contribution in [0.4, 0.5) is 14.9 Å². The predicted octanol–water partition coefficient (Wildman–Crippen LogP) is 2.76. The van der Waals surface area contributed by atoms with Crippen molar-refractivity contribution < 1.29 is 19.1 Å². The van der Waals surface area contributed by atoms with E-state index in [1.807, 2.05) is 0 Å². The van der Waals surface area contributed by atoms with Crippen molar-refractivity contribution >= 4 is 17.7 Å². The molecule has 0 aliphatic carbocycles. The first-order valence-corrected chi connectivity index (χ1v) is 6.33. The van der Waals surface area contributed by atoms with Gasteiger partial charge in [0, 0.05) is 6.54 Å². The first-order valence-electron chi connectivity index (χ1n) is 6.33. The molecular weight excluding hydrogens is 263 g/mol. The van der Waals surface area contributed by atoms with E-state index in [9.17, 15) is 14.0 Å². The molecule has 0 bridgehead atoms. The Labute approximate surface area is 117 Å². The van der Waals surface area contributed by atoms with Gasteiger partial charge in [-0.15, -0.1) is 0 Å². The van der Waals surface area contributed by atoms with E-state index < -0.39 is 23.2 Å². The fraction of sp³-hybridized carbons (Fsp3) is 0.429. The summed E-state index contributed by atoms with van der Waals surface area (Å²) in [6.45, 7) is 4.92. The monoisotopic (exact) mass is 282 g/mol. The summed E-state index contributed by atoms with van der Waals surface area (Å²) < 4.78 is 13.5. The van der Waals surface area contributed by atoms with Crippen LogP contribution in [0.2, 0.25) is 0 Å². The quantitative estimate of drug-likeness (QED) is 0.777. The number of carbonyl (C=O) groups excluding carboxylic acids is 1. The van der Waals surface area contributed by atoms with Gasteiger partial charge in [0.15, 0.2) is 0 Å². The lowest BCUT2D eigenvalue weighted by atomic mass is 9.88. The second kappa shape index (κ2) is 6.36. The zero-order chi connectivity index (χ0) is 15.3. The zero-order valence-corrected chi connectivity index (χ0v) is 11.8. The summed E-state index contributed by atoms with van der Waals surface area (Å²) in [5.41, 5.74) is -0.350. The number of benzene rings is 1. The summed E-state index contributed by atoms with van der Waals surface area (Å²) in [5.74, 6) is -1.51. The molecule has 0 spiro atoms. The van der Waals surface area contributed by atoms with E-state index in [4.69, 9.17) is 5.11 Å². The average molecular weight is 282 g/mol. The van der Waals surface area contributed by atoms with Crippen molar-refractivity contribution in [3.05, 3.63) is 29.6 Å². The van der Waals surface area contributed by atoms with Crippen LogP contribution in [0.1, 0.15) is 25.8 Å². The van der Waals surface area contributed by atoms with Gasteiger partial charge in [0.05, 0.1) is 11.1 Å². The van der Waals surface area contributed by atoms with Crippen molar-refractivity contribution in [3.63, 3.8) is 0 Å². The van der Waals surface area contributed by atoms with E-state index in [-0.39, 0.29) is 12.2 Å². The molecule has 1 unspecified atom stereocenters. The largest absolute Gasteiger partial charge is 0.481 e. The fourth-order valence-electron chi connectivity index (χ4n) is 1.58. The molecule has 0 aliphatic rings. The van der Waals surface area contributed by atoms with Crippen LogP contribution in [-0.4, -0.2) is 23.7 Å². The third-order valence-electron chi connectivity index (χ3n) is 3.40. The first kappa shape index (κ1) is 15.9. The Balaban J connectivity index is 2.67. The molecule has 3 N–H and O–H groups in total. The fourth-order valence-corrected chi connectivity index (χ4v) is 1.58. The van der Waals surface area contributed by atoms with Gasteiger partial charge in [-0.2, -0.15) is 0 Å². The van der Waals surface area contributed by atoms with Crippen LogP contribution in [-0.2, 0) is 4.79 Å². The number of nitrogens with one attached hydrogen (secondary N) is 2. The summed E-state index contributed by atoms with van der Waals surface area (Å²) in [7, 11) is 0. The van der Waals surface area contributed by atoms with Gasteiger partial charge in [0.2, 0.25) is 0 Å². The van der Waals surface area contributed by atoms with Crippen molar-refractivity contribution in [2.75, 3.05) is 11.9 Å². The lowest BCUT2D eigenvalue weighted by Crippen LogP contribution is -2.42. The number of para-hydroxylation sites is 1.